The number of aromatic nitrogens is 5. The lowest BCUT2D eigenvalue weighted by atomic mass is 10.3. The van der Waals surface area contributed by atoms with Crippen molar-refractivity contribution in [1.29, 1.82) is 0 Å². The van der Waals surface area contributed by atoms with Crippen molar-refractivity contribution in [3.8, 4) is 0 Å². The molecule has 6 nitrogen and oxygen atoms in total. The summed E-state index contributed by atoms with van der Waals surface area (Å²) in [5.41, 5.74) is 4.57. The zero-order chi connectivity index (χ0) is 15.5. The van der Waals surface area contributed by atoms with Crippen molar-refractivity contribution < 1.29 is 0 Å². The molecule has 3 rings (SSSR count). The van der Waals surface area contributed by atoms with Crippen LogP contribution in [0.5, 0.6) is 0 Å². The highest BCUT2D eigenvalue weighted by Gasteiger charge is 2.06. The van der Waals surface area contributed by atoms with Crippen LogP contribution in [0.4, 0.5) is 5.82 Å². The second-order valence-electron chi connectivity index (χ2n) is 5.29. The van der Waals surface area contributed by atoms with Gasteiger partial charge in [-0.3, -0.25) is 0 Å². The van der Waals surface area contributed by atoms with Gasteiger partial charge in [0.05, 0.1) is 5.52 Å². The number of anilines is 1. The van der Waals surface area contributed by atoms with Crippen LogP contribution < -0.4 is 5.32 Å². The minimum atomic E-state index is 0.699. The van der Waals surface area contributed by atoms with Gasteiger partial charge in [-0.15, -0.1) is 0 Å². The maximum atomic E-state index is 4.51. The van der Waals surface area contributed by atoms with Gasteiger partial charge in [0.25, 0.3) is 0 Å². The topological polar surface area (TPSA) is 76.5 Å². The monoisotopic (exact) mass is 294 g/mol. The fraction of sp³-hybridized carbons (Fsp3) is 0.312. The molecule has 0 bridgehead atoms. The molecule has 0 aliphatic carbocycles. The molecule has 0 atom stereocenters. The molecule has 3 heterocycles. The van der Waals surface area contributed by atoms with Crippen LogP contribution in [0.15, 0.2) is 24.5 Å². The van der Waals surface area contributed by atoms with Gasteiger partial charge in [-0.05, 0) is 39.0 Å². The highest BCUT2D eigenvalue weighted by molar-refractivity contribution is 5.84. The summed E-state index contributed by atoms with van der Waals surface area (Å²) in [7, 11) is 0. The van der Waals surface area contributed by atoms with E-state index in [4.69, 9.17) is 0 Å². The molecule has 0 aromatic carbocycles. The molecule has 0 aliphatic heterocycles. The maximum absolute atomic E-state index is 4.51. The number of nitrogens with zero attached hydrogens (tertiary/aromatic N) is 5. The Balaban J connectivity index is 1.75. The largest absolute Gasteiger partial charge is 0.368 e. The Bertz CT molecular complexity index is 795. The average molecular weight is 294 g/mol. The van der Waals surface area contributed by atoms with Gasteiger partial charge in [0, 0.05) is 30.0 Å². The number of nitrogens with one attached hydrogen (secondary N) is 1. The molecule has 0 unspecified atom stereocenters. The second-order valence-corrected chi connectivity index (χ2v) is 5.29. The number of aryl methyl sites for hydroxylation is 3. The fourth-order valence-electron chi connectivity index (χ4n) is 2.37. The van der Waals surface area contributed by atoms with E-state index in [2.05, 4.69) is 30.2 Å². The molecule has 0 saturated carbocycles. The lowest BCUT2D eigenvalue weighted by Gasteiger charge is -2.08. The van der Waals surface area contributed by atoms with Gasteiger partial charge >= 0.3 is 0 Å². The predicted octanol–water partition coefficient (Wildman–Crippen LogP) is 2.39. The molecule has 0 saturated heterocycles. The number of hydrogen-bond acceptors (Lipinski definition) is 6. The summed E-state index contributed by atoms with van der Waals surface area (Å²) in [5, 5.41) is 3.31. The second kappa shape index (κ2) is 6.01. The summed E-state index contributed by atoms with van der Waals surface area (Å²) in [6.45, 7) is 6.62. The van der Waals surface area contributed by atoms with E-state index in [1.807, 2.05) is 39.0 Å². The first kappa shape index (κ1) is 14.3. The van der Waals surface area contributed by atoms with E-state index in [1.54, 1.807) is 6.33 Å². The molecule has 0 spiro atoms. The van der Waals surface area contributed by atoms with Gasteiger partial charge in [-0.2, -0.15) is 0 Å². The highest BCUT2D eigenvalue weighted by atomic mass is 15.0. The van der Waals surface area contributed by atoms with Crippen LogP contribution >= 0.6 is 0 Å². The van der Waals surface area contributed by atoms with Crippen LogP contribution in [0.2, 0.25) is 0 Å². The number of fused-ring (bicyclic) bond motifs is 1. The lowest BCUT2D eigenvalue weighted by molar-refractivity contribution is 0.861. The number of pyridine rings is 1. The van der Waals surface area contributed by atoms with E-state index in [-0.39, 0.29) is 0 Å². The quantitative estimate of drug-likeness (QED) is 0.796. The Morgan fingerprint density at radius 3 is 2.45 bits per heavy atom. The summed E-state index contributed by atoms with van der Waals surface area (Å²) in [4.78, 5) is 21.9. The standard InChI is InChI=1S/C16H18N6/c1-10-4-5-13-15(22-10)16(19-9-18-13)17-7-6-14-20-11(2)8-12(3)21-14/h4-5,8-9H,6-7H2,1-3H3,(H,17,18,19). The van der Waals surface area contributed by atoms with E-state index in [0.717, 1.165) is 46.2 Å². The Hall–Kier alpha value is -2.63. The van der Waals surface area contributed by atoms with Gasteiger partial charge in [0.15, 0.2) is 5.82 Å². The van der Waals surface area contributed by atoms with Crippen LogP contribution in [-0.2, 0) is 6.42 Å². The van der Waals surface area contributed by atoms with Crippen molar-refractivity contribution in [2.75, 3.05) is 11.9 Å². The van der Waals surface area contributed by atoms with Gasteiger partial charge in [0.2, 0.25) is 0 Å². The van der Waals surface area contributed by atoms with Crippen molar-refractivity contribution >= 4 is 16.9 Å². The molecule has 22 heavy (non-hydrogen) atoms. The third-order valence-electron chi connectivity index (χ3n) is 3.29. The number of hydrogen-bond donors (Lipinski definition) is 1. The van der Waals surface area contributed by atoms with Crippen molar-refractivity contribution in [1.82, 2.24) is 24.9 Å². The van der Waals surface area contributed by atoms with Crippen LogP contribution in [0.25, 0.3) is 11.0 Å². The fourth-order valence-corrected chi connectivity index (χ4v) is 2.37. The van der Waals surface area contributed by atoms with E-state index >= 15 is 0 Å². The van der Waals surface area contributed by atoms with Gasteiger partial charge in [-0.25, -0.2) is 24.9 Å². The summed E-state index contributed by atoms with van der Waals surface area (Å²) < 4.78 is 0. The zero-order valence-electron chi connectivity index (χ0n) is 13.0. The van der Waals surface area contributed by atoms with E-state index in [1.165, 1.54) is 0 Å². The molecule has 6 heteroatoms. The third-order valence-corrected chi connectivity index (χ3v) is 3.29. The SMILES string of the molecule is Cc1cc(C)nc(CCNc2ncnc3ccc(C)nc23)n1. The van der Waals surface area contributed by atoms with Crippen molar-refractivity contribution in [2.24, 2.45) is 0 Å². The first-order valence-electron chi connectivity index (χ1n) is 7.25. The van der Waals surface area contributed by atoms with Gasteiger partial charge in [0.1, 0.15) is 17.7 Å². The normalized spacial score (nSPS) is 10.9. The van der Waals surface area contributed by atoms with E-state index in [9.17, 15) is 0 Å². The Kier molecular flexibility index (Phi) is 3.91. The van der Waals surface area contributed by atoms with Gasteiger partial charge < -0.3 is 5.32 Å². The van der Waals surface area contributed by atoms with Crippen LogP contribution in [-0.4, -0.2) is 31.5 Å². The summed E-state index contributed by atoms with van der Waals surface area (Å²) in [5.74, 6) is 1.59. The van der Waals surface area contributed by atoms with Crippen molar-refractivity contribution in [3.05, 3.63) is 47.4 Å². The molecular formula is C16H18N6. The minimum Gasteiger partial charge on any atom is -0.368 e. The molecule has 0 amide bonds. The molecule has 0 aliphatic rings. The molecule has 3 aromatic heterocycles. The first-order chi connectivity index (χ1) is 10.6. The molecular weight excluding hydrogens is 276 g/mol. The van der Waals surface area contributed by atoms with Crippen LogP contribution in [0, 0.1) is 20.8 Å². The number of rotatable bonds is 4. The maximum Gasteiger partial charge on any atom is 0.156 e. The summed E-state index contributed by atoms with van der Waals surface area (Å²) in [6.07, 6.45) is 2.29. The molecule has 112 valence electrons. The Morgan fingerprint density at radius 1 is 0.909 bits per heavy atom. The zero-order valence-corrected chi connectivity index (χ0v) is 13.0. The lowest BCUT2D eigenvalue weighted by Crippen LogP contribution is -2.10. The predicted molar refractivity (Wildman–Crippen MR) is 85.8 cm³/mol. The van der Waals surface area contributed by atoms with E-state index in [0.29, 0.717) is 6.54 Å². The smallest absolute Gasteiger partial charge is 0.156 e. The average Bonchev–Trinajstić information content (AvgIpc) is 2.46. The molecule has 3 aromatic rings. The summed E-state index contributed by atoms with van der Waals surface area (Å²) in [6, 6.07) is 5.88. The summed E-state index contributed by atoms with van der Waals surface area (Å²) >= 11 is 0. The van der Waals surface area contributed by atoms with Gasteiger partial charge in [-0.1, -0.05) is 0 Å². The van der Waals surface area contributed by atoms with Crippen LogP contribution in [0.3, 0.4) is 0 Å². The van der Waals surface area contributed by atoms with Crippen molar-refractivity contribution in [2.45, 2.75) is 27.2 Å². The molecule has 0 radical (unpaired) electrons. The minimum absolute atomic E-state index is 0.699. The third kappa shape index (κ3) is 3.16. The van der Waals surface area contributed by atoms with Crippen LogP contribution in [0.1, 0.15) is 22.9 Å². The Labute approximate surface area is 129 Å². The van der Waals surface area contributed by atoms with E-state index < -0.39 is 0 Å². The molecule has 1 N–H and O–H groups in total. The Morgan fingerprint density at radius 2 is 1.68 bits per heavy atom. The first-order valence-corrected chi connectivity index (χ1v) is 7.25. The van der Waals surface area contributed by atoms with Crippen molar-refractivity contribution in [3.63, 3.8) is 0 Å². The highest BCUT2D eigenvalue weighted by Crippen LogP contribution is 2.16. The molecule has 0 fully saturated rings.